The van der Waals surface area contributed by atoms with E-state index in [1.165, 1.54) is 17.7 Å². The summed E-state index contributed by atoms with van der Waals surface area (Å²) < 4.78 is 0. The number of carbonyl (C=O) groups excluding carboxylic acids is 2. The molecule has 1 saturated carbocycles. The lowest BCUT2D eigenvalue weighted by molar-refractivity contribution is -0.131. The Morgan fingerprint density at radius 1 is 1.08 bits per heavy atom. The summed E-state index contributed by atoms with van der Waals surface area (Å²) in [5.74, 6) is 0.210. The fourth-order valence-corrected chi connectivity index (χ4v) is 4.26. The molecule has 0 unspecified atom stereocenters. The van der Waals surface area contributed by atoms with Crippen LogP contribution in [0.3, 0.4) is 0 Å². The molecule has 1 aliphatic carbocycles. The van der Waals surface area contributed by atoms with Gasteiger partial charge in [0.05, 0.1) is 0 Å². The van der Waals surface area contributed by atoms with Crippen LogP contribution in [0.25, 0.3) is 0 Å². The Labute approximate surface area is 148 Å². The second-order valence-corrected chi connectivity index (χ2v) is 7.76. The van der Waals surface area contributed by atoms with E-state index in [9.17, 15) is 9.59 Å². The number of nitrogens with one attached hydrogen (secondary N) is 1. The lowest BCUT2D eigenvalue weighted by Crippen LogP contribution is -2.45. The SMILES string of the molecule is O=C(CCc1cccs1)N1CCCN(C(=O)NC2CCCC2)CC1. The van der Waals surface area contributed by atoms with Gasteiger partial charge in [0.1, 0.15) is 0 Å². The zero-order chi connectivity index (χ0) is 16.8. The van der Waals surface area contributed by atoms with Crippen molar-refractivity contribution in [1.29, 1.82) is 0 Å². The Kier molecular flexibility index (Phi) is 6.12. The minimum Gasteiger partial charge on any atom is -0.341 e. The molecule has 0 bridgehead atoms. The van der Waals surface area contributed by atoms with E-state index in [2.05, 4.69) is 11.4 Å². The molecule has 1 aromatic heterocycles. The second-order valence-electron chi connectivity index (χ2n) is 6.73. The maximum atomic E-state index is 12.4. The van der Waals surface area contributed by atoms with Gasteiger partial charge < -0.3 is 15.1 Å². The van der Waals surface area contributed by atoms with Crippen molar-refractivity contribution in [2.45, 2.75) is 51.0 Å². The standard InChI is InChI=1S/C18H27N3O2S/c22-17(9-8-16-7-3-14-24-16)20-10-4-11-21(13-12-20)18(23)19-15-5-1-2-6-15/h3,7,14-15H,1-2,4-6,8-13H2,(H,19,23). The summed E-state index contributed by atoms with van der Waals surface area (Å²) in [4.78, 5) is 29.9. The number of hydrogen-bond donors (Lipinski definition) is 1. The molecule has 1 N–H and O–H groups in total. The number of carbonyl (C=O) groups is 2. The lowest BCUT2D eigenvalue weighted by atomic mass is 10.2. The molecular weight excluding hydrogens is 322 g/mol. The monoisotopic (exact) mass is 349 g/mol. The highest BCUT2D eigenvalue weighted by Crippen LogP contribution is 2.18. The first-order valence-electron chi connectivity index (χ1n) is 9.08. The molecule has 2 heterocycles. The van der Waals surface area contributed by atoms with E-state index in [0.717, 1.165) is 38.8 Å². The summed E-state index contributed by atoms with van der Waals surface area (Å²) >= 11 is 1.70. The van der Waals surface area contributed by atoms with Crippen LogP contribution in [0.4, 0.5) is 4.79 Å². The van der Waals surface area contributed by atoms with Crippen LogP contribution in [0.5, 0.6) is 0 Å². The van der Waals surface area contributed by atoms with E-state index in [-0.39, 0.29) is 11.9 Å². The molecule has 0 atom stereocenters. The smallest absolute Gasteiger partial charge is 0.317 e. The molecule has 132 valence electrons. The number of urea groups is 1. The Morgan fingerprint density at radius 3 is 2.58 bits per heavy atom. The van der Waals surface area contributed by atoms with Crippen LogP contribution in [0.1, 0.15) is 43.4 Å². The quantitative estimate of drug-likeness (QED) is 0.909. The molecule has 24 heavy (non-hydrogen) atoms. The van der Waals surface area contributed by atoms with E-state index in [1.54, 1.807) is 11.3 Å². The summed E-state index contributed by atoms with van der Waals surface area (Å²) in [6.07, 6.45) is 6.89. The topological polar surface area (TPSA) is 52.7 Å². The van der Waals surface area contributed by atoms with Crippen molar-refractivity contribution in [1.82, 2.24) is 15.1 Å². The van der Waals surface area contributed by atoms with E-state index in [1.807, 2.05) is 21.2 Å². The molecule has 2 fully saturated rings. The summed E-state index contributed by atoms with van der Waals surface area (Å²) in [6, 6.07) is 4.51. The maximum absolute atomic E-state index is 12.4. The average molecular weight is 350 g/mol. The van der Waals surface area contributed by atoms with Crippen molar-refractivity contribution < 1.29 is 9.59 Å². The molecule has 1 saturated heterocycles. The number of rotatable bonds is 4. The van der Waals surface area contributed by atoms with Gasteiger partial charge in [-0.05, 0) is 37.1 Å². The van der Waals surface area contributed by atoms with Crippen molar-refractivity contribution in [3.05, 3.63) is 22.4 Å². The van der Waals surface area contributed by atoms with Gasteiger partial charge in [0.15, 0.2) is 0 Å². The zero-order valence-corrected chi connectivity index (χ0v) is 15.0. The lowest BCUT2D eigenvalue weighted by Gasteiger charge is -2.24. The second kappa shape index (κ2) is 8.51. The Balaban J connectivity index is 1.43. The third kappa shape index (κ3) is 4.72. The van der Waals surface area contributed by atoms with E-state index in [0.29, 0.717) is 25.6 Å². The molecule has 6 heteroatoms. The van der Waals surface area contributed by atoms with Gasteiger partial charge in [-0.2, -0.15) is 0 Å². The number of amides is 3. The third-order valence-corrected chi connectivity index (χ3v) is 5.92. The molecule has 3 amide bonds. The van der Waals surface area contributed by atoms with Gasteiger partial charge >= 0.3 is 6.03 Å². The van der Waals surface area contributed by atoms with Crippen molar-refractivity contribution in [3.63, 3.8) is 0 Å². The van der Waals surface area contributed by atoms with Gasteiger partial charge in [0.25, 0.3) is 0 Å². The molecule has 5 nitrogen and oxygen atoms in total. The number of nitrogens with zero attached hydrogens (tertiary/aromatic N) is 2. The molecular formula is C18H27N3O2S. The van der Waals surface area contributed by atoms with Crippen LogP contribution >= 0.6 is 11.3 Å². The van der Waals surface area contributed by atoms with Crippen molar-refractivity contribution in [3.8, 4) is 0 Å². The van der Waals surface area contributed by atoms with Gasteiger partial charge in [0, 0.05) is 43.5 Å². The first-order valence-corrected chi connectivity index (χ1v) is 9.96. The largest absolute Gasteiger partial charge is 0.341 e. The summed E-state index contributed by atoms with van der Waals surface area (Å²) in [6.45, 7) is 2.80. The molecule has 0 spiro atoms. The maximum Gasteiger partial charge on any atom is 0.317 e. The minimum atomic E-state index is 0.0507. The van der Waals surface area contributed by atoms with Gasteiger partial charge in [-0.3, -0.25) is 4.79 Å². The van der Waals surface area contributed by atoms with Gasteiger partial charge in [-0.15, -0.1) is 11.3 Å². The molecule has 3 rings (SSSR count). The third-order valence-electron chi connectivity index (χ3n) is 4.98. The minimum absolute atomic E-state index is 0.0507. The highest BCUT2D eigenvalue weighted by molar-refractivity contribution is 7.09. The van der Waals surface area contributed by atoms with E-state index < -0.39 is 0 Å². The first-order chi connectivity index (χ1) is 11.7. The van der Waals surface area contributed by atoms with Crippen LogP contribution in [-0.2, 0) is 11.2 Å². The van der Waals surface area contributed by atoms with Crippen LogP contribution in [-0.4, -0.2) is 54.0 Å². The van der Waals surface area contributed by atoms with Crippen molar-refractivity contribution in [2.75, 3.05) is 26.2 Å². The molecule has 0 radical (unpaired) electrons. The first kappa shape index (κ1) is 17.3. The average Bonchev–Trinajstić information content (AvgIpc) is 3.22. The molecule has 1 aromatic rings. The van der Waals surface area contributed by atoms with Crippen LogP contribution in [0, 0.1) is 0 Å². The van der Waals surface area contributed by atoms with E-state index >= 15 is 0 Å². The van der Waals surface area contributed by atoms with Gasteiger partial charge in [-0.25, -0.2) is 4.79 Å². The predicted octanol–water partition coefficient (Wildman–Crippen LogP) is 2.87. The fourth-order valence-electron chi connectivity index (χ4n) is 3.55. The normalized spacial score (nSPS) is 19.3. The number of aryl methyl sites for hydroxylation is 1. The zero-order valence-electron chi connectivity index (χ0n) is 14.2. The van der Waals surface area contributed by atoms with Crippen LogP contribution in [0.2, 0.25) is 0 Å². The fraction of sp³-hybridized carbons (Fsp3) is 0.667. The number of hydrogen-bond acceptors (Lipinski definition) is 3. The van der Waals surface area contributed by atoms with Crippen LogP contribution < -0.4 is 5.32 Å². The Morgan fingerprint density at radius 2 is 1.83 bits per heavy atom. The molecule has 0 aromatic carbocycles. The van der Waals surface area contributed by atoms with Crippen molar-refractivity contribution in [2.24, 2.45) is 0 Å². The van der Waals surface area contributed by atoms with Crippen LogP contribution in [0.15, 0.2) is 17.5 Å². The molecule has 2 aliphatic rings. The summed E-state index contributed by atoms with van der Waals surface area (Å²) in [5, 5.41) is 5.20. The van der Waals surface area contributed by atoms with Gasteiger partial charge in [0.2, 0.25) is 5.91 Å². The van der Waals surface area contributed by atoms with E-state index in [4.69, 9.17) is 0 Å². The highest BCUT2D eigenvalue weighted by Gasteiger charge is 2.24. The Bertz CT molecular complexity index is 540. The van der Waals surface area contributed by atoms with Gasteiger partial charge in [-0.1, -0.05) is 18.9 Å². The summed E-state index contributed by atoms with van der Waals surface area (Å²) in [5.41, 5.74) is 0. The predicted molar refractivity (Wildman–Crippen MR) is 96.2 cm³/mol. The summed E-state index contributed by atoms with van der Waals surface area (Å²) in [7, 11) is 0. The van der Waals surface area contributed by atoms with Crippen molar-refractivity contribution >= 4 is 23.3 Å². The Hall–Kier alpha value is -1.56. The highest BCUT2D eigenvalue weighted by atomic mass is 32.1. The number of thiophene rings is 1. The molecule has 1 aliphatic heterocycles.